The van der Waals surface area contributed by atoms with Crippen LogP contribution in [0, 0.1) is 10.8 Å². The smallest absolute Gasteiger partial charge is 0.207 e. The summed E-state index contributed by atoms with van der Waals surface area (Å²) in [5.74, 6) is 0. The van der Waals surface area contributed by atoms with E-state index in [9.17, 15) is 4.79 Å². The molecule has 0 radical (unpaired) electrons. The highest BCUT2D eigenvalue weighted by atomic mass is 16.1. The fourth-order valence-electron chi connectivity index (χ4n) is 2.76. The largest absolute Gasteiger partial charge is 0.358 e. The second-order valence-electron chi connectivity index (χ2n) is 5.50. The van der Waals surface area contributed by atoms with Gasteiger partial charge < -0.3 is 5.32 Å². The minimum Gasteiger partial charge on any atom is -0.358 e. The minimum absolute atomic E-state index is 0.322. The van der Waals surface area contributed by atoms with Crippen LogP contribution in [0.2, 0.25) is 0 Å². The van der Waals surface area contributed by atoms with Gasteiger partial charge in [0.15, 0.2) is 0 Å². The van der Waals surface area contributed by atoms with Crippen LogP contribution in [0.1, 0.15) is 46.5 Å². The van der Waals surface area contributed by atoms with Crippen LogP contribution in [0.25, 0.3) is 0 Å². The quantitative estimate of drug-likeness (QED) is 0.668. The van der Waals surface area contributed by atoms with Gasteiger partial charge in [0.25, 0.3) is 0 Å². The molecule has 1 aliphatic rings. The van der Waals surface area contributed by atoms with Crippen LogP contribution in [-0.4, -0.2) is 13.0 Å². The van der Waals surface area contributed by atoms with Crippen molar-refractivity contribution in [2.24, 2.45) is 10.8 Å². The maximum absolute atomic E-state index is 10.2. The fraction of sp³-hybridized carbons (Fsp3) is 0.909. The molecule has 76 valence electrons. The molecule has 1 fully saturated rings. The topological polar surface area (TPSA) is 29.1 Å². The summed E-state index contributed by atoms with van der Waals surface area (Å²) in [4.78, 5) is 10.2. The molecule has 0 aromatic rings. The molecule has 1 aliphatic carbocycles. The monoisotopic (exact) mass is 183 g/mol. The lowest BCUT2D eigenvalue weighted by Crippen LogP contribution is -2.38. The minimum atomic E-state index is 0.322. The highest BCUT2D eigenvalue weighted by Gasteiger charge is 2.35. The molecule has 13 heavy (non-hydrogen) atoms. The Balaban J connectivity index is 2.52. The van der Waals surface area contributed by atoms with Crippen LogP contribution in [0.4, 0.5) is 0 Å². The third kappa shape index (κ3) is 3.02. The van der Waals surface area contributed by atoms with E-state index in [-0.39, 0.29) is 0 Å². The van der Waals surface area contributed by atoms with Gasteiger partial charge in [-0.2, -0.15) is 0 Å². The van der Waals surface area contributed by atoms with E-state index >= 15 is 0 Å². The molecule has 1 N–H and O–H groups in total. The molecule has 0 spiro atoms. The van der Waals surface area contributed by atoms with Gasteiger partial charge in [-0.3, -0.25) is 4.79 Å². The van der Waals surface area contributed by atoms with E-state index in [0.717, 1.165) is 13.0 Å². The summed E-state index contributed by atoms with van der Waals surface area (Å²) < 4.78 is 0. The summed E-state index contributed by atoms with van der Waals surface area (Å²) in [5.41, 5.74) is 0.778. The Morgan fingerprint density at radius 3 is 2.54 bits per heavy atom. The van der Waals surface area contributed by atoms with Gasteiger partial charge in [-0.05, 0) is 30.1 Å². The van der Waals surface area contributed by atoms with Crippen LogP contribution in [0.5, 0.6) is 0 Å². The highest BCUT2D eigenvalue weighted by molar-refractivity contribution is 5.45. The molecule has 0 saturated heterocycles. The molecule has 0 heterocycles. The molecule has 0 bridgehead atoms. The Labute approximate surface area is 81.1 Å². The molecule has 1 atom stereocenters. The Morgan fingerprint density at radius 1 is 1.31 bits per heavy atom. The molecule has 1 amide bonds. The molecule has 0 aliphatic heterocycles. The number of amides is 1. The molecule has 1 rings (SSSR count). The lowest BCUT2D eigenvalue weighted by Gasteiger charge is -2.42. The van der Waals surface area contributed by atoms with Crippen LogP contribution in [-0.2, 0) is 4.79 Å². The van der Waals surface area contributed by atoms with Crippen molar-refractivity contribution in [2.75, 3.05) is 6.54 Å². The molecule has 2 heteroatoms. The number of hydrogen-bond donors (Lipinski definition) is 1. The number of rotatable bonds is 3. The number of hydrogen-bond acceptors (Lipinski definition) is 1. The van der Waals surface area contributed by atoms with Gasteiger partial charge in [-0.25, -0.2) is 0 Å². The normalized spacial score (nSPS) is 32.5. The Kier molecular flexibility index (Phi) is 2.99. The van der Waals surface area contributed by atoms with E-state index in [1.165, 1.54) is 25.7 Å². The third-order valence-corrected chi connectivity index (χ3v) is 3.15. The Bertz CT molecular complexity index is 189. The van der Waals surface area contributed by atoms with Gasteiger partial charge in [-0.1, -0.05) is 27.2 Å². The predicted octanol–water partition coefficient (Wildman–Crippen LogP) is 2.34. The SMILES string of the molecule is CC1(C)CCCC(C)(CNC=O)C1. The van der Waals surface area contributed by atoms with Crippen molar-refractivity contribution in [1.29, 1.82) is 0 Å². The average molecular weight is 183 g/mol. The molecule has 2 nitrogen and oxygen atoms in total. The zero-order valence-electron chi connectivity index (χ0n) is 9.02. The highest BCUT2D eigenvalue weighted by Crippen LogP contribution is 2.45. The first kappa shape index (κ1) is 10.6. The van der Waals surface area contributed by atoms with E-state index in [1.807, 2.05) is 0 Å². The molecule has 1 unspecified atom stereocenters. The maximum atomic E-state index is 10.2. The van der Waals surface area contributed by atoms with Gasteiger partial charge >= 0.3 is 0 Å². The van der Waals surface area contributed by atoms with Crippen molar-refractivity contribution >= 4 is 6.41 Å². The Hall–Kier alpha value is -0.530. The Morgan fingerprint density at radius 2 is 2.00 bits per heavy atom. The first-order valence-corrected chi connectivity index (χ1v) is 5.15. The molecule has 0 aromatic carbocycles. The van der Waals surface area contributed by atoms with E-state index in [2.05, 4.69) is 26.1 Å². The van der Waals surface area contributed by atoms with E-state index in [1.54, 1.807) is 0 Å². The molecular weight excluding hydrogens is 162 g/mol. The second kappa shape index (κ2) is 3.69. The van der Waals surface area contributed by atoms with Crippen molar-refractivity contribution in [3.63, 3.8) is 0 Å². The molecule has 0 aromatic heterocycles. The van der Waals surface area contributed by atoms with Gasteiger partial charge in [0.05, 0.1) is 0 Å². The van der Waals surface area contributed by atoms with Crippen LogP contribution in [0.3, 0.4) is 0 Å². The summed E-state index contributed by atoms with van der Waals surface area (Å²) >= 11 is 0. The summed E-state index contributed by atoms with van der Waals surface area (Å²) in [5, 5.41) is 2.82. The average Bonchev–Trinajstić information content (AvgIpc) is 1.98. The van der Waals surface area contributed by atoms with Crippen molar-refractivity contribution in [3.05, 3.63) is 0 Å². The standard InChI is InChI=1S/C11H21NO/c1-10(2)5-4-6-11(3,7-10)8-12-9-13/h9H,4-8H2,1-3H3,(H,12,13). The van der Waals surface area contributed by atoms with E-state index in [4.69, 9.17) is 0 Å². The number of carbonyl (C=O) groups excluding carboxylic acids is 1. The van der Waals surface area contributed by atoms with Gasteiger partial charge in [0, 0.05) is 6.54 Å². The first-order valence-electron chi connectivity index (χ1n) is 5.15. The maximum Gasteiger partial charge on any atom is 0.207 e. The molecule has 1 saturated carbocycles. The van der Waals surface area contributed by atoms with Crippen LogP contribution >= 0.6 is 0 Å². The van der Waals surface area contributed by atoms with E-state index in [0.29, 0.717) is 10.8 Å². The zero-order valence-corrected chi connectivity index (χ0v) is 9.02. The summed E-state index contributed by atoms with van der Waals surface area (Å²) in [7, 11) is 0. The van der Waals surface area contributed by atoms with Crippen LogP contribution < -0.4 is 5.32 Å². The van der Waals surface area contributed by atoms with Crippen molar-refractivity contribution in [2.45, 2.75) is 46.5 Å². The number of nitrogens with one attached hydrogen (secondary N) is 1. The summed E-state index contributed by atoms with van der Waals surface area (Å²) in [6, 6.07) is 0. The number of carbonyl (C=O) groups is 1. The molecular formula is C11H21NO. The summed E-state index contributed by atoms with van der Waals surface area (Å²) in [6.45, 7) is 7.76. The lowest BCUT2D eigenvalue weighted by atomic mass is 9.64. The van der Waals surface area contributed by atoms with Crippen LogP contribution in [0.15, 0.2) is 0 Å². The first-order chi connectivity index (χ1) is 5.97. The van der Waals surface area contributed by atoms with Crippen molar-refractivity contribution < 1.29 is 4.79 Å². The summed E-state index contributed by atoms with van der Waals surface area (Å²) in [6.07, 6.45) is 5.90. The zero-order chi connectivity index (χ0) is 9.95. The fourth-order valence-corrected chi connectivity index (χ4v) is 2.76. The van der Waals surface area contributed by atoms with Crippen molar-refractivity contribution in [3.8, 4) is 0 Å². The van der Waals surface area contributed by atoms with Crippen molar-refractivity contribution in [1.82, 2.24) is 5.32 Å². The van der Waals surface area contributed by atoms with Gasteiger partial charge in [0.2, 0.25) is 6.41 Å². The van der Waals surface area contributed by atoms with E-state index < -0.39 is 0 Å². The third-order valence-electron chi connectivity index (χ3n) is 3.15. The second-order valence-corrected chi connectivity index (χ2v) is 5.50. The predicted molar refractivity (Wildman–Crippen MR) is 54.4 cm³/mol. The lowest BCUT2D eigenvalue weighted by molar-refractivity contribution is -0.110. The van der Waals surface area contributed by atoms with Gasteiger partial charge in [-0.15, -0.1) is 0 Å². The van der Waals surface area contributed by atoms with Gasteiger partial charge in [0.1, 0.15) is 0 Å².